The lowest BCUT2D eigenvalue weighted by atomic mass is 9.97. The maximum Gasteiger partial charge on any atom is 0.326 e. The van der Waals surface area contributed by atoms with Gasteiger partial charge in [-0.25, -0.2) is 4.79 Å². The molecular weight excluding hydrogens is 728 g/mol. The fourth-order valence-corrected chi connectivity index (χ4v) is 4.91. The Morgan fingerprint density at radius 1 is 0.509 bits per heavy atom. The molecule has 0 heterocycles. The van der Waals surface area contributed by atoms with Crippen LogP contribution in [0.3, 0.4) is 0 Å². The number of carboxylic acids is 2. The number of hydrogen-bond donors (Lipinski definition) is 12. The zero-order valence-corrected chi connectivity index (χ0v) is 32.6. The molecule has 9 atom stereocenters. The van der Waals surface area contributed by atoms with E-state index in [-0.39, 0.29) is 31.1 Å². The number of carboxylic acid groups (broad SMARTS) is 2. The molecule has 0 aliphatic carbocycles. The topological polar surface area (TPSA) is 345 Å². The van der Waals surface area contributed by atoms with Crippen LogP contribution >= 0.6 is 0 Å². The van der Waals surface area contributed by atoms with Gasteiger partial charge in [-0.3, -0.25) is 38.4 Å². The Morgan fingerprint density at radius 3 is 1.33 bits per heavy atom. The second-order valence-corrected chi connectivity index (χ2v) is 14.3. The normalized spacial score (nSPS) is 16.1. The van der Waals surface area contributed by atoms with Crippen LogP contribution in [0.5, 0.6) is 0 Å². The van der Waals surface area contributed by atoms with Gasteiger partial charge in [0.1, 0.15) is 42.3 Å². The smallest absolute Gasteiger partial charge is 0.326 e. The van der Waals surface area contributed by atoms with Crippen LogP contribution in [0.2, 0.25) is 0 Å². The first-order chi connectivity index (χ1) is 25.5. The van der Waals surface area contributed by atoms with Crippen LogP contribution in [0, 0.1) is 17.8 Å². The molecule has 0 aliphatic rings. The van der Waals surface area contributed by atoms with Crippen molar-refractivity contribution in [2.24, 2.45) is 23.5 Å². The molecule has 0 bridgehead atoms. The summed E-state index contributed by atoms with van der Waals surface area (Å²) in [4.78, 5) is 114. The highest BCUT2D eigenvalue weighted by Crippen LogP contribution is 2.12. The molecule has 21 heteroatoms. The van der Waals surface area contributed by atoms with E-state index in [9.17, 15) is 63.6 Å². The van der Waals surface area contributed by atoms with Crippen molar-refractivity contribution >= 4 is 53.3 Å². The second kappa shape index (κ2) is 24.5. The van der Waals surface area contributed by atoms with Gasteiger partial charge in [0.15, 0.2) is 0 Å². The highest BCUT2D eigenvalue weighted by atomic mass is 16.4. The number of nitrogens with one attached hydrogen (secondary N) is 7. The van der Waals surface area contributed by atoms with Crippen molar-refractivity contribution in [1.82, 2.24) is 37.2 Å². The molecule has 0 fully saturated rings. The van der Waals surface area contributed by atoms with Crippen LogP contribution in [0.15, 0.2) is 0 Å². The Bertz CT molecular complexity index is 1360. The summed E-state index contributed by atoms with van der Waals surface area (Å²) in [6.45, 7) is 11.0. The molecule has 0 aliphatic heterocycles. The van der Waals surface area contributed by atoms with E-state index >= 15 is 0 Å². The third-order valence-corrected chi connectivity index (χ3v) is 8.26. The summed E-state index contributed by atoms with van der Waals surface area (Å²) in [6.07, 6.45) is -0.547. The van der Waals surface area contributed by atoms with Gasteiger partial charge in [0.2, 0.25) is 41.4 Å². The summed E-state index contributed by atoms with van der Waals surface area (Å²) >= 11 is 0. The highest BCUT2D eigenvalue weighted by Gasteiger charge is 2.36. The van der Waals surface area contributed by atoms with Crippen molar-refractivity contribution in [1.29, 1.82) is 0 Å². The third kappa shape index (κ3) is 18.3. The lowest BCUT2D eigenvalue weighted by Crippen LogP contribution is -2.62. The lowest BCUT2D eigenvalue weighted by molar-refractivity contribution is -0.143. The molecule has 314 valence electrons. The number of carbonyl (C=O) groups is 9. The fraction of sp³-hybridized carbons (Fsp3) is 0.735. The van der Waals surface area contributed by atoms with Crippen LogP contribution in [0.25, 0.3) is 0 Å². The van der Waals surface area contributed by atoms with Gasteiger partial charge in [0.25, 0.3) is 0 Å². The predicted octanol–water partition coefficient (Wildman–Crippen LogP) is -3.57. The molecule has 55 heavy (non-hydrogen) atoms. The number of carbonyl (C=O) groups excluding carboxylic acids is 7. The molecule has 21 nitrogen and oxygen atoms in total. The Labute approximate surface area is 320 Å². The van der Waals surface area contributed by atoms with Crippen molar-refractivity contribution in [3.8, 4) is 0 Å². The zero-order valence-electron chi connectivity index (χ0n) is 32.6. The summed E-state index contributed by atoms with van der Waals surface area (Å²) < 4.78 is 0. The molecule has 0 rings (SSSR count). The van der Waals surface area contributed by atoms with Gasteiger partial charge in [0, 0.05) is 0 Å². The van der Waals surface area contributed by atoms with Gasteiger partial charge in [0.05, 0.1) is 25.7 Å². The number of amides is 7. The van der Waals surface area contributed by atoms with E-state index in [4.69, 9.17) is 5.73 Å². The van der Waals surface area contributed by atoms with Crippen molar-refractivity contribution < 1.29 is 63.6 Å². The molecule has 0 saturated carbocycles. The largest absolute Gasteiger partial charge is 0.481 e. The SMILES string of the molecule is CC[C@H](C)[C@H](NC(=O)[C@H](CC(=O)O)NC(=O)[C@H](CO)NC(=O)[C@H](C)NC(=O)[C@H](C)N)C(=O)N[C@@H](CO)C(=O)N[C@@H](CC(C)C)C(=O)N[C@@H](CC(C)C)C(=O)O. The molecule has 0 spiro atoms. The first-order valence-electron chi connectivity index (χ1n) is 18.0. The number of aliphatic hydroxyl groups excluding tert-OH is 2. The maximum absolute atomic E-state index is 13.5. The van der Waals surface area contributed by atoms with Crippen LogP contribution in [-0.2, 0) is 43.2 Å². The molecule has 0 saturated heterocycles. The molecule has 0 aromatic rings. The molecular formula is C34H60N8O13. The summed E-state index contributed by atoms with van der Waals surface area (Å²) in [5.41, 5.74) is 5.46. The van der Waals surface area contributed by atoms with Gasteiger partial charge in [-0.1, -0.05) is 48.0 Å². The van der Waals surface area contributed by atoms with Crippen LogP contribution in [-0.4, -0.2) is 135 Å². The molecule has 13 N–H and O–H groups in total. The summed E-state index contributed by atoms with van der Waals surface area (Å²) in [5, 5.41) is 55.0. The molecule has 0 aromatic carbocycles. The predicted molar refractivity (Wildman–Crippen MR) is 195 cm³/mol. The molecule has 0 aromatic heterocycles. The molecule has 7 amide bonds. The van der Waals surface area contributed by atoms with E-state index < -0.39 is 127 Å². The first-order valence-corrected chi connectivity index (χ1v) is 18.0. The lowest BCUT2D eigenvalue weighted by Gasteiger charge is -2.29. The maximum atomic E-state index is 13.5. The van der Waals surface area contributed by atoms with Crippen molar-refractivity contribution in [2.45, 2.75) is 129 Å². The number of hydrogen-bond acceptors (Lipinski definition) is 12. The van der Waals surface area contributed by atoms with E-state index in [1.165, 1.54) is 13.8 Å². The van der Waals surface area contributed by atoms with Gasteiger partial charge in [-0.2, -0.15) is 0 Å². The Kier molecular flexibility index (Phi) is 22.3. The van der Waals surface area contributed by atoms with Gasteiger partial charge in [-0.05, 0) is 44.4 Å². The second-order valence-electron chi connectivity index (χ2n) is 14.3. The minimum Gasteiger partial charge on any atom is -0.481 e. The van der Waals surface area contributed by atoms with E-state index in [2.05, 4.69) is 37.2 Å². The minimum atomic E-state index is -1.84. The number of nitrogens with two attached hydrogens (primary N) is 1. The quantitative estimate of drug-likeness (QED) is 0.0426. The van der Waals surface area contributed by atoms with Gasteiger partial charge >= 0.3 is 11.9 Å². The van der Waals surface area contributed by atoms with E-state index in [0.717, 1.165) is 0 Å². The summed E-state index contributed by atoms with van der Waals surface area (Å²) in [6, 6.07) is -11.3. The summed E-state index contributed by atoms with van der Waals surface area (Å²) in [7, 11) is 0. The zero-order chi connectivity index (χ0) is 42.7. The Morgan fingerprint density at radius 2 is 0.909 bits per heavy atom. The van der Waals surface area contributed by atoms with Crippen LogP contribution in [0.4, 0.5) is 0 Å². The fourth-order valence-electron chi connectivity index (χ4n) is 4.91. The number of aliphatic hydroxyl groups is 2. The summed E-state index contributed by atoms with van der Waals surface area (Å²) in [5.74, 6) is -10.4. The molecule has 0 unspecified atom stereocenters. The Balaban J connectivity index is 6.05. The van der Waals surface area contributed by atoms with Crippen LogP contribution in [0.1, 0.15) is 81.1 Å². The van der Waals surface area contributed by atoms with Crippen molar-refractivity contribution in [3.63, 3.8) is 0 Å². The van der Waals surface area contributed by atoms with Crippen molar-refractivity contribution in [2.75, 3.05) is 13.2 Å². The van der Waals surface area contributed by atoms with Crippen LogP contribution < -0.4 is 43.0 Å². The van der Waals surface area contributed by atoms with Gasteiger partial charge < -0.3 is 63.4 Å². The number of rotatable bonds is 25. The highest BCUT2D eigenvalue weighted by molar-refractivity contribution is 5.98. The monoisotopic (exact) mass is 788 g/mol. The number of aliphatic carboxylic acids is 2. The first kappa shape index (κ1) is 50.1. The Hall–Kier alpha value is -4.89. The van der Waals surface area contributed by atoms with Crippen molar-refractivity contribution in [3.05, 3.63) is 0 Å². The minimum absolute atomic E-state index is 0.0733. The van der Waals surface area contributed by atoms with Gasteiger partial charge in [-0.15, -0.1) is 0 Å². The van der Waals surface area contributed by atoms with E-state index in [0.29, 0.717) is 0 Å². The standard InChI is InChI=1S/C34H60N8O13/c1-9-17(6)26(33(53)41-24(14-44)32(52)37-20(10-15(2)3)29(49)39-22(34(54)55)11-16(4)5)42-30(50)21(12-25(45)46)38-31(51)23(13-43)40-28(48)19(8)36-27(47)18(7)35/h15-24,26,43-44H,9-14,35H2,1-8H3,(H,36,47)(H,37,52)(H,38,51)(H,39,49)(H,40,48)(H,41,53)(H,42,50)(H,45,46)(H,54,55)/t17-,18-,19-,20-,21-,22-,23-,24-,26-/m0/s1. The average Bonchev–Trinajstić information content (AvgIpc) is 3.09. The van der Waals surface area contributed by atoms with E-state index in [1.807, 2.05) is 0 Å². The molecule has 0 radical (unpaired) electrons. The van der Waals surface area contributed by atoms with E-state index in [1.54, 1.807) is 41.5 Å². The third-order valence-electron chi connectivity index (χ3n) is 8.26. The average molecular weight is 789 g/mol.